The van der Waals surface area contributed by atoms with E-state index in [-0.39, 0.29) is 25.7 Å². The first-order valence-corrected chi connectivity index (χ1v) is 44.2. The number of phosphoric ester groups is 2. The Balaban J connectivity index is 5.36. The molecule has 0 aromatic carbocycles. The number of carbonyl (C=O) groups is 4. The number of phosphoric acid groups is 2. The molecular weight excluding hydrogens is 1330 g/mol. The Bertz CT molecular complexity index is 2210. The van der Waals surface area contributed by atoms with Gasteiger partial charge in [0.25, 0.3) is 0 Å². The second-order valence-corrected chi connectivity index (χ2v) is 30.6. The molecule has 0 fully saturated rings. The number of hydrogen-bond donors (Lipinski definition) is 3. The smallest absolute Gasteiger partial charge is 0.462 e. The summed E-state index contributed by atoms with van der Waals surface area (Å²) < 4.78 is 68.7. The van der Waals surface area contributed by atoms with Crippen molar-refractivity contribution in [3.63, 3.8) is 0 Å². The van der Waals surface area contributed by atoms with E-state index >= 15 is 0 Å². The second kappa shape index (κ2) is 75.7. The number of ether oxygens (including phenoxy) is 4. The van der Waals surface area contributed by atoms with Gasteiger partial charge in [-0.1, -0.05) is 300 Å². The van der Waals surface area contributed by atoms with Gasteiger partial charge < -0.3 is 33.8 Å². The molecule has 0 aliphatic rings. The minimum atomic E-state index is -4.98. The molecule has 0 heterocycles. The first kappa shape index (κ1) is 98.5. The van der Waals surface area contributed by atoms with Crippen LogP contribution in [0.25, 0.3) is 0 Å². The monoisotopic (exact) mass is 1480 g/mol. The number of unbranched alkanes of at least 4 members (excludes halogenated alkanes) is 40. The lowest BCUT2D eigenvalue weighted by Crippen LogP contribution is -2.30. The van der Waals surface area contributed by atoms with Crippen molar-refractivity contribution >= 4 is 39.5 Å². The van der Waals surface area contributed by atoms with Crippen molar-refractivity contribution in [3.05, 3.63) is 72.9 Å². The lowest BCUT2D eigenvalue weighted by atomic mass is 10.0. The number of rotatable bonds is 78. The van der Waals surface area contributed by atoms with E-state index < -0.39 is 97.5 Å². The highest BCUT2D eigenvalue weighted by molar-refractivity contribution is 7.47. The normalized spacial score (nSPS) is 14.2. The Morgan fingerprint density at radius 1 is 0.275 bits per heavy atom. The predicted octanol–water partition coefficient (Wildman–Crippen LogP) is 24.0. The van der Waals surface area contributed by atoms with Crippen LogP contribution in [-0.2, 0) is 65.4 Å². The fourth-order valence-electron chi connectivity index (χ4n) is 11.3. The molecule has 0 saturated carbocycles. The van der Waals surface area contributed by atoms with Gasteiger partial charge in [-0.15, -0.1) is 0 Å². The third-order valence-corrected chi connectivity index (χ3v) is 19.5. The Morgan fingerprint density at radius 2 is 0.480 bits per heavy atom. The first-order chi connectivity index (χ1) is 49.7. The molecule has 594 valence electrons. The van der Waals surface area contributed by atoms with Crippen LogP contribution in [0.4, 0.5) is 0 Å². The SMILES string of the molecule is CCCCC/C=C\C/C=C\CCCCCCCC(=O)OC[C@H](COP(=O)(O)OC[C@H](O)COP(=O)(O)OC[C@@H](COC(=O)CCCCCCC/C=C\C/C=C\CCCCC)OC(=O)CCCCCCCCCCCCCCCCCCC)OC(=O)CCCCCCC/C=C\C/C=C\CCCCC. The summed E-state index contributed by atoms with van der Waals surface area (Å²) in [5.74, 6) is -2.19. The largest absolute Gasteiger partial charge is 0.472 e. The quantitative estimate of drug-likeness (QED) is 0.0169. The standard InChI is InChI=1S/C83H150O17P2/c1-5-9-13-17-21-25-29-33-37-38-42-46-50-54-58-62-66-70-83(88)100-79(74-94-81(86)68-64-60-56-52-48-44-40-35-31-27-23-19-15-11-7-3)76-98-102(91,92)96-72-77(84)71-95-101(89,90)97-75-78(99-82(87)69-65-61-57-53-49-45-41-36-32-28-24-20-16-12-8-4)73-93-80(85)67-63-59-55-51-47-43-39-34-30-26-22-18-14-10-6-2/h22-24,26-28,34-36,39-41,77-79,84H,5-21,25,29-33,37-38,42-76H2,1-4H3,(H,89,90)(H,91,92)/b26-22-,27-23-,28-24-,39-34-,40-35-,41-36-/t77-,78+,79+/m0/s1. The van der Waals surface area contributed by atoms with Gasteiger partial charge in [-0.25, -0.2) is 9.13 Å². The molecule has 3 N–H and O–H groups in total. The van der Waals surface area contributed by atoms with Crippen LogP contribution in [0.1, 0.15) is 374 Å². The van der Waals surface area contributed by atoms with Crippen LogP contribution >= 0.6 is 15.6 Å². The Hall–Kier alpha value is -3.50. The fourth-order valence-corrected chi connectivity index (χ4v) is 12.9. The Morgan fingerprint density at radius 3 is 0.745 bits per heavy atom. The van der Waals surface area contributed by atoms with Crippen LogP contribution in [-0.4, -0.2) is 96.7 Å². The van der Waals surface area contributed by atoms with Crippen molar-refractivity contribution in [3.8, 4) is 0 Å². The minimum absolute atomic E-state index is 0.0783. The van der Waals surface area contributed by atoms with E-state index in [0.717, 1.165) is 161 Å². The average molecular weight is 1480 g/mol. The summed E-state index contributed by atoms with van der Waals surface area (Å²) in [4.78, 5) is 73.1. The molecule has 0 bridgehead atoms. The Labute approximate surface area is 622 Å². The number of aliphatic hydroxyl groups is 1. The van der Waals surface area contributed by atoms with Crippen LogP contribution in [0, 0.1) is 0 Å². The molecule has 0 aromatic rings. The zero-order valence-corrected chi connectivity index (χ0v) is 66.8. The van der Waals surface area contributed by atoms with Gasteiger partial charge in [-0.2, -0.15) is 0 Å². The van der Waals surface area contributed by atoms with Crippen molar-refractivity contribution in [2.75, 3.05) is 39.6 Å². The molecule has 0 rings (SSSR count). The molecule has 2 unspecified atom stereocenters. The highest BCUT2D eigenvalue weighted by atomic mass is 31.2. The number of hydrogen-bond acceptors (Lipinski definition) is 15. The summed E-state index contributed by atoms with van der Waals surface area (Å²) >= 11 is 0. The molecule has 0 saturated heterocycles. The molecule has 0 radical (unpaired) electrons. The van der Waals surface area contributed by atoms with Crippen LogP contribution in [0.3, 0.4) is 0 Å². The summed E-state index contributed by atoms with van der Waals surface area (Å²) in [7, 11) is -9.96. The van der Waals surface area contributed by atoms with Crippen molar-refractivity contribution in [1.82, 2.24) is 0 Å². The fraction of sp³-hybridized carbons (Fsp3) is 0.807. The summed E-state index contributed by atoms with van der Waals surface area (Å²) in [6, 6.07) is 0. The molecule has 0 aliphatic carbocycles. The molecular formula is C83H150O17P2. The minimum Gasteiger partial charge on any atom is -0.462 e. The molecule has 19 heteroatoms. The average Bonchev–Trinajstić information content (AvgIpc) is 0.922. The van der Waals surface area contributed by atoms with Crippen LogP contribution in [0.2, 0.25) is 0 Å². The number of allylic oxidation sites excluding steroid dienone is 12. The van der Waals surface area contributed by atoms with Gasteiger partial charge in [0.1, 0.15) is 19.3 Å². The third kappa shape index (κ3) is 74.8. The topological polar surface area (TPSA) is 237 Å². The van der Waals surface area contributed by atoms with Crippen LogP contribution in [0.15, 0.2) is 72.9 Å². The molecule has 102 heavy (non-hydrogen) atoms. The van der Waals surface area contributed by atoms with Gasteiger partial charge in [0.05, 0.1) is 26.4 Å². The van der Waals surface area contributed by atoms with E-state index in [2.05, 4.69) is 101 Å². The van der Waals surface area contributed by atoms with Crippen molar-refractivity contribution in [1.29, 1.82) is 0 Å². The Kier molecular flexibility index (Phi) is 73.1. The summed E-state index contributed by atoms with van der Waals surface area (Å²) in [6.45, 7) is 4.83. The zero-order valence-electron chi connectivity index (χ0n) is 65.0. The van der Waals surface area contributed by atoms with Crippen LogP contribution in [0.5, 0.6) is 0 Å². The van der Waals surface area contributed by atoms with Gasteiger partial charge in [0.15, 0.2) is 12.2 Å². The van der Waals surface area contributed by atoms with Crippen LogP contribution < -0.4 is 0 Å². The lowest BCUT2D eigenvalue weighted by molar-refractivity contribution is -0.161. The lowest BCUT2D eigenvalue weighted by Gasteiger charge is -2.21. The molecule has 0 spiro atoms. The van der Waals surface area contributed by atoms with Gasteiger partial charge in [0.2, 0.25) is 0 Å². The molecule has 0 amide bonds. The van der Waals surface area contributed by atoms with Gasteiger partial charge in [-0.05, 0) is 122 Å². The second-order valence-electron chi connectivity index (χ2n) is 27.7. The maximum absolute atomic E-state index is 13.1. The zero-order chi connectivity index (χ0) is 74.6. The maximum atomic E-state index is 13.1. The van der Waals surface area contributed by atoms with Crippen molar-refractivity contribution < 1.29 is 80.2 Å². The summed E-state index contributed by atoms with van der Waals surface area (Å²) in [5.41, 5.74) is 0. The van der Waals surface area contributed by atoms with Gasteiger partial charge in [-0.3, -0.25) is 37.3 Å². The highest BCUT2D eigenvalue weighted by Crippen LogP contribution is 2.45. The van der Waals surface area contributed by atoms with E-state index in [9.17, 15) is 43.2 Å². The number of esters is 4. The molecule has 5 atom stereocenters. The maximum Gasteiger partial charge on any atom is 0.472 e. The van der Waals surface area contributed by atoms with Gasteiger partial charge >= 0.3 is 39.5 Å². The molecule has 17 nitrogen and oxygen atoms in total. The number of aliphatic hydroxyl groups excluding tert-OH is 1. The summed E-state index contributed by atoms with van der Waals surface area (Å²) in [5, 5.41) is 10.6. The first-order valence-electron chi connectivity index (χ1n) is 41.2. The predicted molar refractivity (Wildman–Crippen MR) is 418 cm³/mol. The van der Waals surface area contributed by atoms with E-state index in [0.29, 0.717) is 25.7 Å². The van der Waals surface area contributed by atoms with E-state index in [1.807, 2.05) is 0 Å². The van der Waals surface area contributed by atoms with Gasteiger partial charge in [0, 0.05) is 25.7 Å². The number of carbonyl (C=O) groups excluding carboxylic acids is 4. The molecule has 0 aliphatic heterocycles. The van der Waals surface area contributed by atoms with E-state index in [4.69, 9.17) is 37.0 Å². The third-order valence-electron chi connectivity index (χ3n) is 17.6. The molecule has 0 aromatic heterocycles. The summed E-state index contributed by atoms with van der Waals surface area (Å²) in [6.07, 6.45) is 77.2. The van der Waals surface area contributed by atoms with Crippen molar-refractivity contribution in [2.45, 2.75) is 393 Å². The van der Waals surface area contributed by atoms with E-state index in [1.54, 1.807) is 0 Å². The van der Waals surface area contributed by atoms with Crippen molar-refractivity contribution in [2.24, 2.45) is 0 Å². The highest BCUT2D eigenvalue weighted by Gasteiger charge is 2.30. The van der Waals surface area contributed by atoms with E-state index in [1.165, 1.54) is 135 Å².